The molecule has 0 unspecified atom stereocenters. The first-order valence-corrected chi connectivity index (χ1v) is 10.3. The third-order valence-electron chi connectivity index (χ3n) is 5.23. The Morgan fingerprint density at radius 1 is 0.781 bits per heavy atom. The van der Waals surface area contributed by atoms with Crippen LogP contribution < -0.4 is 10.6 Å². The second-order valence-corrected chi connectivity index (χ2v) is 8.16. The van der Waals surface area contributed by atoms with Crippen LogP contribution in [0.15, 0.2) is 48.5 Å². The van der Waals surface area contributed by atoms with E-state index in [1.807, 2.05) is 0 Å². The normalized spacial score (nSPS) is 13.9. The maximum atomic E-state index is 13.4. The third-order valence-corrected chi connectivity index (χ3v) is 5.23. The van der Waals surface area contributed by atoms with Crippen LogP contribution in [-0.4, -0.2) is 24.9 Å². The van der Waals surface area contributed by atoms with Gasteiger partial charge in [0.15, 0.2) is 0 Å². The van der Waals surface area contributed by atoms with Crippen molar-refractivity contribution in [1.29, 1.82) is 0 Å². The SMILES string of the molecule is CNC(=O)[C@H](Cc1ccc(C(C)(F)F)cc1)NC(=O)[C@H](C)Cc1ccc(C(C)(F)F)cc1. The van der Waals surface area contributed by atoms with Crippen molar-refractivity contribution in [2.45, 2.75) is 51.5 Å². The average molecular weight is 452 g/mol. The maximum Gasteiger partial charge on any atom is 0.270 e. The molecule has 0 fully saturated rings. The number of carbonyl (C=O) groups excluding carboxylic acids is 2. The van der Waals surface area contributed by atoms with E-state index >= 15 is 0 Å². The fourth-order valence-corrected chi connectivity index (χ4v) is 3.25. The molecule has 0 heterocycles. The summed E-state index contributed by atoms with van der Waals surface area (Å²) in [6, 6.07) is 10.5. The van der Waals surface area contributed by atoms with Gasteiger partial charge in [0, 0.05) is 44.4 Å². The lowest BCUT2D eigenvalue weighted by Crippen LogP contribution is -2.48. The Morgan fingerprint density at radius 2 is 1.19 bits per heavy atom. The van der Waals surface area contributed by atoms with Crippen LogP contribution in [0.1, 0.15) is 43.0 Å². The summed E-state index contributed by atoms with van der Waals surface area (Å²) in [6.07, 6.45) is 0.441. The highest BCUT2D eigenvalue weighted by molar-refractivity contribution is 5.88. The van der Waals surface area contributed by atoms with E-state index in [1.165, 1.54) is 43.4 Å². The molecule has 0 spiro atoms. The molecular formula is C24H28F4N2O2. The Balaban J connectivity index is 2.04. The standard InChI is InChI=1S/C24H28F4N2O2/c1-15(13-16-5-9-18(10-6-16)23(2,25)26)21(31)30-20(22(32)29-4)14-17-7-11-19(12-8-17)24(3,27)28/h5-12,15,20H,13-14H2,1-4H3,(H,29,32)(H,30,31)/t15-,20+/m1/s1. The van der Waals surface area contributed by atoms with Gasteiger partial charge in [-0.2, -0.15) is 0 Å². The van der Waals surface area contributed by atoms with E-state index < -0.39 is 29.7 Å². The molecule has 2 aromatic carbocycles. The fraction of sp³-hybridized carbons (Fsp3) is 0.417. The van der Waals surface area contributed by atoms with Crippen molar-refractivity contribution in [1.82, 2.24) is 10.6 Å². The summed E-state index contributed by atoms with van der Waals surface area (Å²) in [5.74, 6) is -7.21. The Kier molecular flexibility index (Phi) is 8.04. The monoisotopic (exact) mass is 452 g/mol. The van der Waals surface area contributed by atoms with E-state index in [0.29, 0.717) is 17.5 Å². The minimum absolute atomic E-state index is 0.107. The molecule has 4 nitrogen and oxygen atoms in total. The molecular weight excluding hydrogens is 424 g/mol. The van der Waals surface area contributed by atoms with Gasteiger partial charge in [0.25, 0.3) is 11.8 Å². The largest absolute Gasteiger partial charge is 0.357 e. The summed E-state index contributed by atoms with van der Waals surface area (Å²) in [6.45, 7) is 3.30. The van der Waals surface area contributed by atoms with Crippen LogP contribution in [-0.2, 0) is 34.3 Å². The van der Waals surface area contributed by atoms with E-state index in [0.717, 1.165) is 13.8 Å². The Hall–Kier alpha value is -2.90. The van der Waals surface area contributed by atoms with E-state index in [2.05, 4.69) is 10.6 Å². The molecule has 32 heavy (non-hydrogen) atoms. The molecule has 0 aromatic heterocycles. The zero-order valence-electron chi connectivity index (χ0n) is 18.5. The van der Waals surface area contributed by atoms with Gasteiger partial charge >= 0.3 is 0 Å². The summed E-state index contributed by atoms with van der Waals surface area (Å²) in [4.78, 5) is 24.9. The first-order valence-electron chi connectivity index (χ1n) is 10.3. The summed E-state index contributed by atoms with van der Waals surface area (Å²) in [5.41, 5.74) is 1.09. The maximum absolute atomic E-state index is 13.4. The summed E-state index contributed by atoms with van der Waals surface area (Å²) in [5, 5.41) is 5.19. The van der Waals surface area contributed by atoms with Crippen LogP contribution in [0.25, 0.3) is 0 Å². The molecule has 2 amide bonds. The van der Waals surface area contributed by atoms with Gasteiger partial charge < -0.3 is 10.6 Å². The molecule has 0 radical (unpaired) electrons. The predicted octanol–water partition coefficient (Wildman–Crippen LogP) is 4.56. The number of rotatable bonds is 9. The van der Waals surface area contributed by atoms with Crippen molar-refractivity contribution in [3.63, 3.8) is 0 Å². The number of alkyl halides is 4. The lowest BCUT2D eigenvalue weighted by molar-refractivity contribution is -0.130. The van der Waals surface area contributed by atoms with Crippen molar-refractivity contribution in [3.8, 4) is 0 Å². The average Bonchev–Trinajstić information content (AvgIpc) is 2.72. The quantitative estimate of drug-likeness (QED) is 0.548. The number of carbonyl (C=O) groups is 2. The minimum Gasteiger partial charge on any atom is -0.357 e. The van der Waals surface area contributed by atoms with Crippen LogP contribution in [0.4, 0.5) is 17.6 Å². The van der Waals surface area contributed by atoms with Gasteiger partial charge in [-0.05, 0) is 17.5 Å². The van der Waals surface area contributed by atoms with Gasteiger partial charge in [0.2, 0.25) is 11.8 Å². The number of nitrogens with one attached hydrogen (secondary N) is 2. The van der Waals surface area contributed by atoms with E-state index in [-0.39, 0.29) is 23.5 Å². The highest BCUT2D eigenvalue weighted by Crippen LogP contribution is 2.28. The lowest BCUT2D eigenvalue weighted by Gasteiger charge is -2.21. The van der Waals surface area contributed by atoms with Crippen LogP contribution in [0, 0.1) is 5.92 Å². The molecule has 2 atom stereocenters. The molecule has 174 valence electrons. The first-order chi connectivity index (χ1) is 14.8. The van der Waals surface area contributed by atoms with Crippen LogP contribution in [0.2, 0.25) is 0 Å². The highest BCUT2D eigenvalue weighted by Gasteiger charge is 2.26. The molecule has 0 bridgehead atoms. The number of hydrogen-bond donors (Lipinski definition) is 2. The molecule has 0 saturated heterocycles. The van der Waals surface area contributed by atoms with Crippen molar-refractivity contribution < 1.29 is 27.2 Å². The predicted molar refractivity (Wildman–Crippen MR) is 115 cm³/mol. The number of benzene rings is 2. The number of likely N-dealkylation sites (N-methyl/N-ethyl adjacent to an activating group) is 1. The molecule has 0 aliphatic rings. The molecule has 2 N–H and O–H groups in total. The minimum atomic E-state index is -2.96. The number of amides is 2. The first kappa shape index (κ1) is 25.4. The topological polar surface area (TPSA) is 58.2 Å². The van der Waals surface area contributed by atoms with Gasteiger partial charge in [-0.25, -0.2) is 17.6 Å². The zero-order valence-corrected chi connectivity index (χ0v) is 18.5. The second kappa shape index (κ2) is 10.1. The van der Waals surface area contributed by atoms with Crippen molar-refractivity contribution in [2.75, 3.05) is 7.05 Å². The van der Waals surface area contributed by atoms with Gasteiger partial charge in [0.1, 0.15) is 6.04 Å². The summed E-state index contributed by atoms with van der Waals surface area (Å²) >= 11 is 0. The second-order valence-electron chi connectivity index (χ2n) is 8.16. The van der Waals surface area contributed by atoms with Crippen LogP contribution >= 0.6 is 0 Å². The van der Waals surface area contributed by atoms with Gasteiger partial charge in [-0.15, -0.1) is 0 Å². The van der Waals surface area contributed by atoms with E-state index in [9.17, 15) is 27.2 Å². The zero-order chi connectivity index (χ0) is 24.1. The smallest absolute Gasteiger partial charge is 0.270 e. The summed E-state index contributed by atoms with van der Waals surface area (Å²) < 4.78 is 53.5. The highest BCUT2D eigenvalue weighted by atomic mass is 19.3. The lowest BCUT2D eigenvalue weighted by atomic mass is 9.97. The van der Waals surface area contributed by atoms with E-state index in [1.54, 1.807) is 19.1 Å². The van der Waals surface area contributed by atoms with Crippen molar-refractivity contribution >= 4 is 11.8 Å². The Bertz CT molecular complexity index is 917. The molecule has 8 heteroatoms. The van der Waals surface area contributed by atoms with E-state index in [4.69, 9.17) is 0 Å². The number of hydrogen-bond acceptors (Lipinski definition) is 2. The van der Waals surface area contributed by atoms with Crippen LogP contribution in [0.3, 0.4) is 0 Å². The Labute approximate surface area is 185 Å². The molecule has 0 aliphatic heterocycles. The Morgan fingerprint density at radius 3 is 1.56 bits per heavy atom. The van der Waals surface area contributed by atoms with Gasteiger partial charge in [-0.1, -0.05) is 55.5 Å². The number of halogens is 4. The van der Waals surface area contributed by atoms with Crippen LogP contribution in [0.5, 0.6) is 0 Å². The molecule has 2 aromatic rings. The summed E-state index contributed by atoms with van der Waals surface area (Å²) in [7, 11) is 1.44. The third kappa shape index (κ3) is 7.07. The van der Waals surface area contributed by atoms with Gasteiger partial charge in [-0.3, -0.25) is 9.59 Å². The molecule has 2 rings (SSSR count). The fourth-order valence-electron chi connectivity index (χ4n) is 3.25. The van der Waals surface area contributed by atoms with Crippen molar-refractivity contribution in [2.24, 2.45) is 5.92 Å². The molecule has 0 saturated carbocycles. The van der Waals surface area contributed by atoms with Crippen molar-refractivity contribution in [3.05, 3.63) is 70.8 Å². The molecule has 0 aliphatic carbocycles. The van der Waals surface area contributed by atoms with Gasteiger partial charge in [0.05, 0.1) is 0 Å².